The van der Waals surface area contributed by atoms with Crippen LogP contribution in [0.1, 0.15) is 31.0 Å². The zero-order valence-electron chi connectivity index (χ0n) is 13.6. The molecular formula is C17H19N3O3S. The highest BCUT2D eigenvalue weighted by Gasteiger charge is 2.14. The third-order valence-corrected chi connectivity index (χ3v) is 4.49. The van der Waals surface area contributed by atoms with E-state index >= 15 is 0 Å². The van der Waals surface area contributed by atoms with Crippen LogP contribution in [0, 0.1) is 5.92 Å². The van der Waals surface area contributed by atoms with Crippen LogP contribution in [-0.2, 0) is 24.2 Å². The number of amides is 1. The number of carbonyl (C=O) groups excluding carboxylic acids is 1. The Kier molecular flexibility index (Phi) is 4.80. The highest BCUT2D eigenvalue weighted by molar-refractivity contribution is 7.16. The van der Waals surface area contributed by atoms with Gasteiger partial charge in [-0.1, -0.05) is 13.8 Å². The monoisotopic (exact) mass is 345 g/mol. The van der Waals surface area contributed by atoms with E-state index in [9.17, 15) is 9.59 Å². The summed E-state index contributed by atoms with van der Waals surface area (Å²) in [4.78, 5) is 32.2. The molecule has 0 aliphatic carbocycles. The van der Waals surface area contributed by atoms with Gasteiger partial charge in [0.15, 0.2) is 0 Å². The third-order valence-electron chi connectivity index (χ3n) is 3.57. The third kappa shape index (κ3) is 3.73. The fraction of sp³-hybridized carbons (Fsp3) is 0.353. The van der Waals surface area contributed by atoms with E-state index in [1.807, 2.05) is 5.38 Å². The van der Waals surface area contributed by atoms with Crippen molar-refractivity contribution in [1.29, 1.82) is 0 Å². The molecular weight excluding hydrogens is 326 g/mol. The summed E-state index contributed by atoms with van der Waals surface area (Å²) >= 11 is 1.44. The maximum atomic E-state index is 12.4. The number of rotatable bonds is 6. The van der Waals surface area contributed by atoms with Gasteiger partial charge in [0.25, 0.3) is 5.56 Å². The van der Waals surface area contributed by atoms with Crippen molar-refractivity contribution < 1.29 is 9.21 Å². The summed E-state index contributed by atoms with van der Waals surface area (Å²) in [6.45, 7) is 4.54. The van der Waals surface area contributed by atoms with Crippen LogP contribution in [0.4, 0.5) is 0 Å². The van der Waals surface area contributed by atoms with Crippen molar-refractivity contribution in [2.24, 2.45) is 5.92 Å². The molecule has 2 N–H and O–H groups in total. The van der Waals surface area contributed by atoms with Crippen molar-refractivity contribution in [3.63, 3.8) is 0 Å². The molecule has 0 radical (unpaired) electrons. The van der Waals surface area contributed by atoms with Gasteiger partial charge in [-0.25, -0.2) is 4.98 Å². The van der Waals surface area contributed by atoms with Gasteiger partial charge in [-0.2, -0.15) is 0 Å². The Bertz CT molecular complexity index is 894. The first-order valence-electron chi connectivity index (χ1n) is 7.81. The van der Waals surface area contributed by atoms with E-state index in [4.69, 9.17) is 4.42 Å². The van der Waals surface area contributed by atoms with Crippen LogP contribution >= 0.6 is 11.3 Å². The van der Waals surface area contributed by atoms with Crippen LogP contribution < -0.4 is 10.9 Å². The first kappa shape index (κ1) is 16.4. The number of nitrogens with zero attached hydrogens (tertiary/aromatic N) is 1. The van der Waals surface area contributed by atoms with Crippen LogP contribution in [-0.4, -0.2) is 15.9 Å². The van der Waals surface area contributed by atoms with E-state index in [1.54, 1.807) is 18.4 Å². The van der Waals surface area contributed by atoms with Crippen LogP contribution in [0.3, 0.4) is 0 Å². The summed E-state index contributed by atoms with van der Waals surface area (Å²) in [5, 5.41) is 5.37. The van der Waals surface area contributed by atoms with Gasteiger partial charge in [-0.15, -0.1) is 11.3 Å². The van der Waals surface area contributed by atoms with Crippen LogP contribution in [0.2, 0.25) is 0 Å². The van der Waals surface area contributed by atoms with Gasteiger partial charge in [-0.3, -0.25) is 9.59 Å². The summed E-state index contributed by atoms with van der Waals surface area (Å²) in [6, 6.07) is 3.55. The number of hydrogen-bond acceptors (Lipinski definition) is 5. The van der Waals surface area contributed by atoms with Gasteiger partial charge >= 0.3 is 0 Å². The normalized spacial score (nSPS) is 11.3. The Labute approximate surface area is 142 Å². The molecule has 3 aromatic heterocycles. The highest BCUT2D eigenvalue weighted by Crippen LogP contribution is 2.23. The summed E-state index contributed by atoms with van der Waals surface area (Å²) < 4.78 is 5.16. The Balaban J connectivity index is 1.73. The van der Waals surface area contributed by atoms with Gasteiger partial charge < -0.3 is 14.7 Å². The second-order valence-corrected chi connectivity index (χ2v) is 6.94. The van der Waals surface area contributed by atoms with Crippen LogP contribution in [0.5, 0.6) is 0 Å². The molecule has 0 saturated carbocycles. The maximum Gasteiger partial charge on any atom is 0.259 e. The van der Waals surface area contributed by atoms with E-state index in [1.165, 1.54) is 11.3 Å². The number of thiophene rings is 1. The number of fused-ring (bicyclic) bond motifs is 1. The van der Waals surface area contributed by atoms with Crippen molar-refractivity contribution in [3.05, 3.63) is 51.3 Å². The standard InChI is InChI=1S/C17H19N3O3S/c1-10(2)6-11-9-24-17-15(11)16(22)19-13(20-17)7-14(21)18-8-12-4-3-5-23-12/h3-5,9-10H,6-8H2,1-2H3,(H,18,21)(H,19,20,22). The van der Waals surface area contributed by atoms with E-state index in [-0.39, 0.29) is 17.9 Å². The summed E-state index contributed by atoms with van der Waals surface area (Å²) in [5.74, 6) is 1.31. The minimum absolute atomic E-state index is 0.0311. The molecule has 3 rings (SSSR count). The Morgan fingerprint density at radius 2 is 2.29 bits per heavy atom. The molecule has 0 spiro atoms. The van der Waals surface area contributed by atoms with Crippen LogP contribution in [0.25, 0.3) is 10.2 Å². The molecule has 0 aliphatic rings. The molecule has 0 aromatic carbocycles. The van der Waals surface area contributed by atoms with Gasteiger partial charge in [0.05, 0.1) is 24.6 Å². The van der Waals surface area contributed by atoms with E-state index in [2.05, 4.69) is 29.1 Å². The van der Waals surface area contributed by atoms with Crippen molar-refractivity contribution in [1.82, 2.24) is 15.3 Å². The van der Waals surface area contributed by atoms with E-state index in [0.29, 0.717) is 34.3 Å². The first-order valence-corrected chi connectivity index (χ1v) is 8.69. The van der Waals surface area contributed by atoms with E-state index < -0.39 is 0 Å². The molecule has 3 heterocycles. The van der Waals surface area contributed by atoms with Crippen molar-refractivity contribution in [3.8, 4) is 0 Å². The summed E-state index contributed by atoms with van der Waals surface area (Å²) in [5.41, 5.74) is 0.846. The van der Waals surface area contributed by atoms with Crippen molar-refractivity contribution in [2.75, 3.05) is 0 Å². The molecule has 0 fully saturated rings. The Morgan fingerprint density at radius 1 is 1.46 bits per heavy atom. The lowest BCUT2D eigenvalue weighted by molar-refractivity contribution is -0.120. The SMILES string of the molecule is CC(C)Cc1csc2nc(CC(=O)NCc3ccco3)[nH]c(=O)c12. The number of hydrogen-bond donors (Lipinski definition) is 2. The van der Waals surface area contributed by atoms with Gasteiger partial charge in [0.2, 0.25) is 5.91 Å². The molecule has 0 unspecified atom stereocenters. The average Bonchev–Trinajstić information content (AvgIpc) is 3.15. The maximum absolute atomic E-state index is 12.4. The number of carbonyl (C=O) groups is 1. The second kappa shape index (κ2) is 7.00. The van der Waals surface area contributed by atoms with E-state index in [0.717, 1.165) is 12.0 Å². The van der Waals surface area contributed by atoms with Gasteiger partial charge in [-0.05, 0) is 35.4 Å². The fourth-order valence-electron chi connectivity index (χ4n) is 2.54. The average molecular weight is 345 g/mol. The van der Waals surface area contributed by atoms with Crippen LogP contribution in [0.15, 0.2) is 33.0 Å². The lowest BCUT2D eigenvalue weighted by atomic mass is 10.0. The number of aromatic amines is 1. The zero-order valence-corrected chi connectivity index (χ0v) is 14.4. The Morgan fingerprint density at radius 3 is 3.00 bits per heavy atom. The molecule has 0 bridgehead atoms. The molecule has 0 saturated heterocycles. The summed E-state index contributed by atoms with van der Waals surface area (Å²) in [6.07, 6.45) is 2.43. The highest BCUT2D eigenvalue weighted by atomic mass is 32.1. The number of aromatic nitrogens is 2. The minimum Gasteiger partial charge on any atom is -0.467 e. The number of furan rings is 1. The topological polar surface area (TPSA) is 88.0 Å². The molecule has 24 heavy (non-hydrogen) atoms. The number of H-pyrrole nitrogens is 1. The predicted octanol–water partition coefficient (Wildman–Crippen LogP) is 2.63. The molecule has 7 heteroatoms. The quantitative estimate of drug-likeness (QED) is 0.719. The smallest absolute Gasteiger partial charge is 0.259 e. The van der Waals surface area contributed by atoms with Gasteiger partial charge in [0, 0.05) is 0 Å². The van der Waals surface area contributed by atoms with Crippen molar-refractivity contribution in [2.45, 2.75) is 33.2 Å². The largest absolute Gasteiger partial charge is 0.467 e. The van der Waals surface area contributed by atoms with Crippen molar-refractivity contribution >= 4 is 27.5 Å². The fourth-order valence-corrected chi connectivity index (χ4v) is 3.51. The zero-order chi connectivity index (χ0) is 17.1. The molecule has 126 valence electrons. The molecule has 3 aromatic rings. The second-order valence-electron chi connectivity index (χ2n) is 6.08. The molecule has 0 aliphatic heterocycles. The number of nitrogens with one attached hydrogen (secondary N) is 2. The lowest BCUT2D eigenvalue weighted by Crippen LogP contribution is -2.26. The minimum atomic E-state index is -0.215. The predicted molar refractivity (Wildman–Crippen MR) is 93.0 cm³/mol. The first-order chi connectivity index (χ1) is 11.5. The molecule has 1 amide bonds. The summed E-state index contributed by atoms with van der Waals surface area (Å²) in [7, 11) is 0. The Hall–Kier alpha value is -2.41. The lowest BCUT2D eigenvalue weighted by Gasteiger charge is -2.04. The molecule has 6 nitrogen and oxygen atoms in total. The van der Waals surface area contributed by atoms with Gasteiger partial charge in [0.1, 0.15) is 16.4 Å². The molecule has 0 atom stereocenters.